The Morgan fingerprint density at radius 1 is 1.06 bits per heavy atom. The van der Waals surface area contributed by atoms with Crippen LogP contribution < -0.4 is 14.8 Å². The molecular weight excluding hydrogens is 547 g/mol. The summed E-state index contributed by atoms with van der Waals surface area (Å²) in [7, 11) is 0. The predicted octanol–water partition coefficient (Wildman–Crippen LogP) is 6.47. The Labute approximate surface area is 211 Å². The molecule has 1 N–H and O–H groups in total. The van der Waals surface area contributed by atoms with Crippen LogP contribution in [0.1, 0.15) is 23.6 Å². The number of amidine groups is 1. The third kappa shape index (κ3) is 6.17. The smallest absolute Gasteiger partial charge is 0.264 e. The van der Waals surface area contributed by atoms with Crippen LogP contribution in [-0.2, 0) is 11.4 Å². The SMILES string of the molecule is CCOc1cc(/C=C2\SC(=Nc3ccccc3)NC2=O)cc(I)c1OCc1ccc(C)cc1. The van der Waals surface area contributed by atoms with Gasteiger partial charge in [0.1, 0.15) is 6.61 Å². The number of halogens is 1. The van der Waals surface area contributed by atoms with Gasteiger partial charge < -0.3 is 14.8 Å². The summed E-state index contributed by atoms with van der Waals surface area (Å²) >= 11 is 3.57. The second-order valence-electron chi connectivity index (χ2n) is 7.35. The predicted molar refractivity (Wildman–Crippen MR) is 143 cm³/mol. The average molecular weight is 570 g/mol. The van der Waals surface area contributed by atoms with Crippen LogP contribution in [0.5, 0.6) is 11.5 Å². The molecule has 0 aliphatic carbocycles. The van der Waals surface area contributed by atoms with E-state index in [0.29, 0.717) is 34.8 Å². The number of benzene rings is 3. The molecule has 0 saturated carbocycles. The first kappa shape index (κ1) is 23.4. The van der Waals surface area contributed by atoms with Crippen LogP contribution in [-0.4, -0.2) is 17.7 Å². The lowest BCUT2D eigenvalue weighted by Crippen LogP contribution is -2.19. The molecule has 0 radical (unpaired) electrons. The van der Waals surface area contributed by atoms with Gasteiger partial charge in [0, 0.05) is 0 Å². The van der Waals surface area contributed by atoms with Crippen molar-refractivity contribution in [3.8, 4) is 11.5 Å². The lowest BCUT2D eigenvalue weighted by atomic mass is 10.1. The van der Waals surface area contributed by atoms with Crippen molar-refractivity contribution in [3.05, 3.63) is 91.9 Å². The molecule has 0 atom stereocenters. The maximum absolute atomic E-state index is 12.5. The van der Waals surface area contributed by atoms with Crippen LogP contribution in [0.25, 0.3) is 6.08 Å². The Kier molecular flexibility index (Phi) is 7.72. The lowest BCUT2D eigenvalue weighted by Gasteiger charge is -2.15. The van der Waals surface area contributed by atoms with E-state index >= 15 is 0 Å². The van der Waals surface area contributed by atoms with E-state index in [4.69, 9.17) is 9.47 Å². The fraction of sp³-hybridized carbons (Fsp3) is 0.154. The van der Waals surface area contributed by atoms with E-state index in [1.54, 1.807) is 0 Å². The van der Waals surface area contributed by atoms with Crippen molar-refractivity contribution in [1.82, 2.24) is 5.32 Å². The van der Waals surface area contributed by atoms with E-state index in [9.17, 15) is 4.79 Å². The molecule has 0 unspecified atom stereocenters. The fourth-order valence-corrected chi connectivity index (χ4v) is 4.79. The highest BCUT2D eigenvalue weighted by Gasteiger charge is 2.24. The highest BCUT2D eigenvalue weighted by atomic mass is 127. The first-order chi connectivity index (χ1) is 16.0. The number of ether oxygens (including phenoxy) is 2. The molecule has 7 heteroatoms. The third-order valence-corrected chi connectivity index (χ3v) is 6.48. The van der Waals surface area contributed by atoms with Gasteiger partial charge in [0.05, 0.1) is 20.8 Å². The number of hydrogen-bond acceptors (Lipinski definition) is 5. The van der Waals surface area contributed by atoms with Crippen LogP contribution in [0.15, 0.2) is 76.6 Å². The second kappa shape index (κ2) is 10.9. The van der Waals surface area contributed by atoms with Crippen LogP contribution >= 0.6 is 34.4 Å². The number of carbonyl (C=O) groups is 1. The first-order valence-electron chi connectivity index (χ1n) is 10.5. The number of amides is 1. The minimum Gasteiger partial charge on any atom is -0.490 e. The summed E-state index contributed by atoms with van der Waals surface area (Å²) in [6, 6.07) is 21.7. The molecule has 1 fully saturated rings. The third-order valence-electron chi connectivity index (χ3n) is 4.77. The monoisotopic (exact) mass is 570 g/mol. The molecule has 3 aromatic carbocycles. The number of hydrogen-bond donors (Lipinski definition) is 1. The average Bonchev–Trinajstić information content (AvgIpc) is 3.13. The van der Waals surface area contributed by atoms with E-state index in [1.165, 1.54) is 17.3 Å². The summed E-state index contributed by atoms with van der Waals surface area (Å²) in [5, 5.41) is 3.39. The summed E-state index contributed by atoms with van der Waals surface area (Å²) < 4.78 is 12.9. The Hall–Kier alpha value is -2.78. The van der Waals surface area contributed by atoms with Gasteiger partial charge in [0.15, 0.2) is 16.7 Å². The number of nitrogens with zero attached hydrogens (tertiary/aromatic N) is 1. The first-order valence-corrected chi connectivity index (χ1v) is 12.4. The number of rotatable bonds is 7. The van der Waals surface area contributed by atoms with Crippen LogP contribution in [0.2, 0.25) is 0 Å². The zero-order valence-electron chi connectivity index (χ0n) is 18.3. The highest BCUT2D eigenvalue weighted by Crippen LogP contribution is 2.37. The summed E-state index contributed by atoms with van der Waals surface area (Å²) in [6.07, 6.45) is 1.85. The number of thioether (sulfide) groups is 1. The van der Waals surface area contributed by atoms with Gasteiger partial charge in [-0.2, -0.15) is 0 Å². The molecule has 3 aromatic rings. The molecule has 1 saturated heterocycles. The molecule has 0 spiro atoms. The number of carbonyl (C=O) groups excluding carboxylic acids is 1. The Morgan fingerprint density at radius 3 is 2.55 bits per heavy atom. The number of aliphatic imine (C=N–C) groups is 1. The Morgan fingerprint density at radius 2 is 1.82 bits per heavy atom. The van der Waals surface area contributed by atoms with E-state index < -0.39 is 0 Å². The summed E-state index contributed by atoms with van der Waals surface area (Å²) in [5.41, 5.74) is 3.97. The van der Waals surface area contributed by atoms with Crippen molar-refractivity contribution in [2.24, 2.45) is 4.99 Å². The van der Waals surface area contributed by atoms with Crippen LogP contribution in [0, 0.1) is 10.5 Å². The minimum atomic E-state index is -0.164. The summed E-state index contributed by atoms with van der Waals surface area (Å²) in [4.78, 5) is 17.6. The minimum absolute atomic E-state index is 0.164. The van der Waals surface area contributed by atoms with Gasteiger partial charge in [-0.05, 0) is 89.7 Å². The largest absolute Gasteiger partial charge is 0.490 e. The summed E-state index contributed by atoms with van der Waals surface area (Å²) in [6.45, 7) is 4.97. The number of aryl methyl sites for hydroxylation is 1. The molecule has 168 valence electrons. The highest BCUT2D eigenvalue weighted by molar-refractivity contribution is 14.1. The van der Waals surface area contributed by atoms with Gasteiger partial charge >= 0.3 is 0 Å². The van der Waals surface area contributed by atoms with Gasteiger partial charge in [-0.25, -0.2) is 4.99 Å². The maximum atomic E-state index is 12.5. The Bertz CT molecular complexity index is 1210. The fourth-order valence-electron chi connectivity index (χ4n) is 3.17. The molecular formula is C26H23IN2O3S. The quantitative estimate of drug-likeness (QED) is 0.262. The van der Waals surface area contributed by atoms with Gasteiger partial charge in [-0.1, -0.05) is 48.0 Å². The molecule has 1 aliphatic rings. The van der Waals surface area contributed by atoms with Gasteiger partial charge in [-0.3, -0.25) is 4.79 Å². The van der Waals surface area contributed by atoms with Crippen molar-refractivity contribution < 1.29 is 14.3 Å². The van der Waals surface area contributed by atoms with E-state index in [1.807, 2.05) is 55.5 Å². The second-order valence-corrected chi connectivity index (χ2v) is 9.55. The van der Waals surface area contributed by atoms with Crippen molar-refractivity contribution in [3.63, 3.8) is 0 Å². The number of para-hydroxylation sites is 1. The summed E-state index contributed by atoms with van der Waals surface area (Å²) in [5.74, 6) is 1.20. The van der Waals surface area contributed by atoms with Gasteiger partial charge in [-0.15, -0.1) is 0 Å². The normalized spacial score (nSPS) is 15.7. The van der Waals surface area contributed by atoms with E-state index in [-0.39, 0.29) is 5.91 Å². The van der Waals surface area contributed by atoms with Crippen LogP contribution in [0.3, 0.4) is 0 Å². The zero-order chi connectivity index (χ0) is 23.2. The van der Waals surface area contributed by atoms with E-state index in [2.05, 4.69) is 64.1 Å². The molecule has 1 amide bonds. The molecule has 4 rings (SSSR count). The molecule has 0 bridgehead atoms. The lowest BCUT2D eigenvalue weighted by molar-refractivity contribution is -0.115. The maximum Gasteiger partial charge on any atom is 0.264 e. The van der Waals surface area contributed by atoms with Crippen molar-refractivity contribution in [1.29, 1.82) is 0 Å². The van der Waals surface area contributed by atoms with Crippen molar-refractivity contribution >= 4 is 57.2 Å². The molecule has 1 aliphatic heterocycles. The zero-order valence-corrected chi connectivity index (χ0v) is 21.3. The standard InChI is InChI=1S/C26H23IN2O3S/c1-3-31-22-14-19(13-21(27)24(22)32-16-18-11-9-17(2)10-12-18)15-23-25(30)29-26(33-23)28-20-7-5-4-6-8-20/h4-15H,3,16H2,1-2H3,(H,28,29,30)/b23-15-. The molecule has 1 heterocycles. The molecule has 0 aromatic heterocycles. The number of nitrogens with one attached hydrogen (secondary N) is 1. The van der Waals surface area contributed by atoms with Crippen LogP contribution in [0.4, 0.5) is 5.69 Å². The topological polar surface area (TPSA) is 59.9 Å². The van der Waals surface area contributed by atoms with Gasteiger partial charge in [0.2, 0.25) is 0 Å². The van der Waals surface area contributed by atoms with Gasteiger partial charge in [0.25, 0.3) is 5.91 Å². The molecule has 5 nitrogen and oxygen atoms in total. The molecule has 33 heavy (non-hydrogen) atoms. The Balaban J connectivity index is 1.55. The van der Waals surface area contributed by atoms with Crippen molar-refractivity contribution in [2.75, 3.05) is 6.61 Å². The van der Waals surface area contributed by atoms with E-state index in [0.717, 1.165) is 20.4 Å². The van der Waals surface area contributed by atoms with Crippen molar-refractivity contribution in [2.45, 2.75) is 20.5 Å².